The topological polar surface area (TPSA) is 62.3 Å². The first kappa shape index (κ1) is 13.5. The molecule has 1 aliphatic heterocycles. The first-order chi connectivity index (χ1) is 9.02. The average molecular weight is 261 g/mol. The van der Waals surface area contributed by atoms with Crippen molar-refractivity contribution in [2.75, 3.05) is 5.32 Å². The van der Waals surface area contributed by atoms with Crippen LogP contribution < -0.4 is 5.32 Å². The molecule has 1 fully saturated rings. The molecule has 0 aromatic carbocycles. The average Bonchev–Trinajstić information content (AvgIpc) is 2.66. The van der Waals surface area contributed by atoms with Gasteiger partial charge in [-0.25, -0.2) is 4.98 Å². The third-order valence-electron chi connectivity index (χ3n) is 3.45. The monoisotopic (exact) mass is 261 g/mol. The first-order valence-electron chi connectivity index (χ1n) is 6.58. The smallest absolute Gasteiger partial charge is 0.252 e. The molecular formula is C14H19N3O2. The summed E-state index contributed by atoms with van der Waals surface area (Å²) in [7, 11) is 0. The number of imide groups is 1. The molecule has 2 amide bonds. The lowest BCUT2D eigenvalue weighted by atomic mass is 10.2. The van der Waals surface area contributed by atoms with E-state index in [1.807, 2.05) is 32.9 Å². The minimum Gasteiger partial charge on any atom is -0.358 e. The van der Waals surface area contributed by atoms with Crippen molar-refractivity contribution in [1.82, 2.24) is 9.88 Å². The van der Waals surface area contributed by atoms with Crippen LogP contribution in [0.2, 0.25) is 0 Å². The van der Waals surface area contributed by atoms with Gasteiger partial charge in [0.1, 0.15) is 11.9 Å². The summed E-state index contributed by atoms with van der Waals surface area (Å²) in [6, 6.07) is 3.21. The third kappa shape index (κ3) is 2.75. The fourth-order valence-electron chi connectivity index (χ4n) is 2.14. The van der Waals surface area contributed by atoms with Crippen LogP contribution in [-0.2, 0) is 9.59 Å². The van der Waals surface area contributed by atoms with Crippen LogP contribution in [-0.4, -0.2) is 33.8 Å². The van der Waals surface area contributed by atoms with Gasteiger partial charge in [-0.1, -0.05) is 13.0 Å². The molecule has 2 atom stereocenters. The number of rotatable bonds is 4. The maximum Gasteiger partial charge on any atom is 0.252 e. The molecule has 2 unspecified atom stereocenters. The van der Waals surface area contributed by atoms with Crippen molar-refractivity contribution in [3.63, 3.8) is 0 Å². The van der Waals surface area contributed by atoms with Crippen LogP contribution in [0.1, 0.15) is 32.3 Å². The Morgan fingerprint density at radius 1 is 1.47 bits per heavy atom. The van der Waals surface area contributed by atoms with Crippen molar-refractivity contribution < 1.29 is 9.59 Å². The number of carbonyl (C=O) groups is 2. The highest BCUT2D eigenvalue weighted by Gasteiger charge is 2.40. The maximum atomic E-state index is 12.2. The number of nitrogens with one attached hydrogen (secondary N) is 1. The predicted octanol–water partition coefficient (Wildman–Crippen LogP) is 1.73. The van der Waals surface area contributed by atoms with Gasteiger partial charge in [0.2, 0.25) is 5.91 Å². The Hall–Kier alpha value is -1.91. The second kappa shape index (κ2) is 5.38. The van der Waals surface area contributed by atoms with Crippen LogP contribution in [0.25, 0.3) is 0 Å². The second-order valence-corrected chi connectivity index (χ2v) is 4.98. The Morgan fingerprint density at radius 2 is 2.21 bits per heavy atom. The number of carbonyl (C=O) groups excluding carboxylic acids is 2. The summed E-state index contributed by atoms with van der Waals surface area (Å²) in [6.07, 6.45) is 2.71. The Balaban J connectivity index is 2.09. The molecule has 2 rings (SSSR count). The standard InChI is InChI=1S/C14H19N3O2/c1-4-10(3)17-13(18)7-11(14(17)19)16-12-6-5-9(2)8-15-12/h5-6,8,10-11H,4,7H2,1-3H3,(H,15,16). The van der Waals surface area contributed by atoms with E-state index in [2.05, 4.69) is 10.3 Å². The largest absolute Gasteiger partial charge is 0.358 e. The summed E-state index contributed by atoms with van der Waals surface area (Å²) in [5, 5.41) is 3.03. The van der Waals surface area contributed by atoms with Gasteiger partial charge < -0.3 is 5.32 Å². The number of hydrogen-bond acceptors (Lipinski definition) is 4. The molecule has 1 saturated heterocycles. The molecule has 0 spiro atoms. The van der Waals surface area contributed by atoms with Gasteiger partial charge in [0.15, 0.2) is 0 Å². The van der Waals surface area contributed by atoms with Gasteiger partial charge in [-0.05, 0) is 31.9 Å². The molecule has 5 nitrogen and oxygen atoms in total. The molecule has 102 valence electrons. The summed E-state index contributed by atoms with van der Waals surface area (Å²) >= 11 is 0. The molecule has 0 aliphatic carbocycles. The van der Waals surface area contributed by atoms with Crippen LogP contribution >= 0.6 is 0 Å². The minimum atomic E-state index is -0.489. The highest BCUT2D eigenvalue weighted by Crippen LogP contribution is 2.20. The number of likely N-dealkylation sites (tertiary alicyclic amines) is 1. The van der Waals surface area contributed by atoms with Crippen molar-refractivity contribution in [2.24, 2.45) is 0 Å². The number of anilines is 1. The molecule has 2 heterocycles. The first-order valence-corrected chi connectivity index (χ1v) is 6.58. The summed E-state index contributed by atoms with van der Waals surface area (Å²) in [4.78, 5) is 29.7. The zero-order valence-corrected chi connectivity index (χ0v) is 11.5. The number of amides is 2. The number of nitrogens with zero attached hydrogens (tertiary/aromatic N) is 2. The summed E-state index contributed by atoms with van der Waals surface area (Å²) in [5.74, 6) is 0.369. The van der Waals surface area contributed by atoms with Gasteiger partial charge in [-0.15, -0.1) is 0 Å². The second-order valence-electron chi connectivity index (χ2n) is 4.98. The Labute approximate surface area is 113 Å². The Morgan fingerprint density at radius 3 is 2.79 bits per heavy atom. The summed E-state index contributed by atoms with van der Waals surface area (Å²) in [6.45, 7) is 5.81. The highest BCUT2D eigenvalue weighted by molar-refractivity contribution is 6.07. The number of aromatic nitrogens is 1. The van der Waals surface area contributed by atoms with Crippen LogP contribution in [0.3, 0.4) is 0 Å². The van der Waals surface area contributed by atoms with Crippen molar-refractivity contribution in [3.05, 3.63) is 23.9 Å². The lowest BCUT2D eigenvalue weighted by molar-refractivity contribution is -0.140. The van der Waals surface area contributed by atoms with Gasteiger partial charge in [0.05, 0.1) is 6.42 Å². The fourth-order valence-corrected chi connectivity index (χ4v) is 2.14. The van der Waals surface area contributed by atoms with Crippen molar-refractivity contribution >= 4 is 17.6 Å². The van der Waals surface area contributed by atoms with Gasteiger partial charge in [0, 0.05) is 12.2 Å². The van der Waals surface area contributed by atoms with E-state index < -0.39 is 6.04 Å². The van der Waals surface area contributed by atoms with E-state index in [0.717, 1.165) is 12.0 Å². The maximum absolute atomic E-state index is 12.2. The van der Waals surface area contributed by atoms with Crippen LogP contribution in [0, 0.1) is 6.92 Å². The lowest BCUT2D eigenvalue weighted by Gasteiger charge is -2.21. The van der Waals surface area contributed by atoms with Crippen molar-refractivity contribution in [2.45, 2.75) is 45.7 Å². The van der Waals surface area contributed by atoms with Gasteiger partial charge in [-0.2, -0.15) is 0 Å². The van der Waals surface area contributed by atoms with Crippen molar-refractivity contribution in [1.29, 1.82) is 0 Å². The fraction of sp³-hybridized carbons (Fsp3) is 0.500. The third-order valence-corrected chi connectivity index (χ3v) is 3.45. The SMILES string of the molecule is CCC(C)N1C(=O)CC(Nc2ccc(C)cn2)C1=O. The van der Waals surface area contributed by atoms with E-state index in [-0.39, 0.29) is 24.3 Å². The van der Waals surface area contributed by atoms with Crippen LogP contribution in [0.5, 0.6) is 0 Å². The zero-order chi connectivity index (χ0) is 14.0. The minimum absolute atomic E-state index is 0.0437. The Kier molecular flexibility index (Phi) is 3.83. The molecule has 1 aromatic rings. The summed E-state index contributed by atoms with van der Waals surface area (Å²) in [5.41, 5.74) is 1.06. The Bertz CT molecular complexity index is 484. The van der Waals surface area contributed by atoms with Crippen molar-refractivity contribution in [3.8, 4) is 0 Å². The number of pyridine rings is 1. The van der Waals surface area contributed by atoms with E-state index >= 15 is 0 Å². The molecule has 5 heteroatoms. The van der Waals surface area contributed by atoms with E-state index in [4.69, 9.17) is 0 Å². The molecule has 1 aliphatic rings. The van der Waals surface area contributed by atoms with E-state index in [0.29, 0.717) is 5.82 Å². The van der Waals surface area contributed by atoms with E-state index in [1.54, 1.807) is 6.20 Å². The van der Waals surface area contributed by atoms with Gasteiger partial charge in [-0.3, -0.25) is 14.5 Å². The molecule has 1 N–H and O–H groups in total. The number of hydrogen-bond donors (Lipinski definition) is 1. The zero-order valence-electron chi connectivity index (χ0n) is 11.5. The quantitative estimate of drug-likeness (QED) is 0.838. The normalized spacial score (nSPS) is 20.8. The van der Waals surface area contributed by atoms with Gasteiger partial charge in [0.25, 0.3) is 5.91 Å². The summed E-state index contributed by atoms with van der Waals surface area (Å²) < 4.78 is 0. The molecule has 1 aromatic heterocycles. The van der Waals surface area contributed by atoms with E-state index in [9.17, 15) is 9.59 Å². The molecule has 19 heavy (non-hydrogen) atoms. The highest BCUT2D eigenvalue weighted by atomic mass is 16.2. The lowest BCUT2D eigenvalue weighted by Crippen LogP contribution is -2.40. The van der Waals surface area contributed by atoms with Crippen LogP contribution in [0.4, 0.5) is 5.82 Å². The van der Waals surface area contributed by atoms with Crippen LogP contribution in [0.15, 0.2) is 18.3 Å². The molecule has 0 bridgehead atoms. The predicted molar refractivity (Wildman–Crippen MR) is 72.6 cm³/mol. The number of aryl methyl sites for hydroxylation is 1. The molecule has 0 radical (unpaired) electrons. The van der Waals surface area contributed by atoms with Gasteiger partial charge >= 0.3 is 0 Å². The van der Waals surface area contributed by atoms with E-state index in [1.165, 1.54) is 4.90 Å². The molecular weight excluding hydrogens is 242 g/mol. The molecule has 0 saturated carbocycles.